The molecule has 7 nitrogen and oxygen atoms in total. The number of hydrogen-bond donors (Lipinski definition) is 1. The number of carbonyl (C=O) groups is 1. The van der Waals surface area contributed by atoms with E-state index in [9.17, 15) is 4.79 Å². The van der Waals surface area contributed by atoms with Gasteiger partial charge in [-0.15, -0.1) is 0 Å². The van der Waals surface area contributed by atoms with Crippen molar-refractivity contribution in [2.75, 3.05) is 66.2 Å². The van der Waals surface area contributed by atoms with Crippen molar-refractivity contribution >= 4 is 11.9 Å². The molecule has 3 fully saturated rings. The summed E-state index contributed by atoms with van der Waals surface area (Å²) in [6.45, 7) is 9.29. The molecule has 0 aromatic rings. The summed E-state index contributed by atoms with van der Waals surface area (Å²) in [5, 5.41) is 3.58. The van der Waals surface area contributed by atoms with E-state index in [0.29, 0.717) is 24.5 Å². The fourth-order valence-corrected chi connectivity index (χ4v) is 4.10. The molecule has 2 aliphatic heterocycles. The molecule has 2 saturated heterocycles. The van der Waals surface area contributed by atoms with Gasteiger partial charge in [0.05, 0.1) is 13.2 Å². The SMILES string of the molecule is CCOCCC1(CNC(=NC)N2CCC(C(=O)N3CCOCC3)CC2)CC1. The van der Waals surface area contributed by atoms with Gasteiger partial charge in [0.2, 0.25) is 5.91 Å². The van der Waals surface area contributed by atoms with Gasteiger partial charge in [-0.05, 0) is 44.4 Å². The van der Waals surface area contributed by atoms with Crippen LogP contribution in [0.15, 0.2) is 4.99 Å². The average Bonchev–Trinajstić information content (AvgIpc) is 3.49. The standard InChI is InChI=1S/C20H36N4O3/c1-3-26-13-8-20(6-7-20)16-22-19(21-2)24-9-4-17(5-10-24)18(25)23-11-14-27-15-12-23/h17H,3-16H2,1-2H3,(H,21,22). The first-order valence-electron chi connectivity index (χ1n) is 10.6. The number of likely N-dealkylation sites (tertiary alicyclic amines) is 1. The summed E-state index contributed by atoms with van der Waals surface area (Å²) in [5.74, 6) is 1.45. The van der Waals surface area contributed by atoms with Crippen LogP contribution in [0.25, 0.3) is 0 Å². The summed E-state index contributed by atoms with van der Waals surface area (Å²) in [6.07, 6.45) is 5.50. The maximum atomic E-state index is 12.7. The minimum atomic E-state index is 0.151. The molecule has 154 valence electrons. The highest BCUT2D eigenvalue weighted by Gasteiger charge is 2.42. The Morgan fingerprint density at radius 3 is 2.48 bits per heavy atom. The molecule has 0 bridgehead atoms. The Labute approximate surface area is 163 Å². The van der Waals surface area contributed by atoms with Crippen LogP contribution < -0.4 is 5.32 Å². The van der Waals surface area contributed by atoms with E-state index in [4.69, 9.17) is 9.47 Å². The van der Waals surface area contributed by atoms with Crippen LogP contribution in [-0.2, 0) is 14.3 Å². The second kappa shape index (κ2) is 9.73. The fraction of sp³-hybridized carbons (Fsp3) is 0.900. The van der Waals surface area contributed by atoms with Gasteiger partial charge in [0.1, 0.15) is 0 Å². The molecule has 0 aromatic heterocycles. The van der Waals surface area contributed by atoms with Crippen LogP contribution in [0.1, 0.15) is 39.0 Å². The lowest BCUT2D eigenvalue weighted by atomic mass is 9.95. The summed E-state index contributed by atoms with van der Waals surface area (Å²) >= 11 is 0. The molecule has 0 spiro atoms. The highest BCUT2D eigenvalue weighted by Crippen LogP contribution is 2.48. The van der Waals surface area contributed by atoms with E-state index in [0.717, 1.165) is 71.2 Å². The van der Waals surface area contributed by atoms with Crippen molar-refractivity contribution in [3.63, 3.8) is 0 Å². The van der Waals surface area contributed by atoms with E-state index >= 15 is 0 Å². The van der Waals surface area contributed by atoms with E-state index < -0.39 is 0 Å². The lowest BCUT2D eigenvalue weighted by molar-refractivity contribution is -0.140. The van der Waals surface area contributed by atoms with Crippen LogP contribution in [-0.4, -0.2) is 87.9 Å². The van der Waals surface area contributed by atoms with Gasteiger partial charge in [-0.1, -0.05) is 0 Å². The van der Waals surface area contributed by atoms with Gasteiger partial charge in [-0.2, -0.15) is 0 Å². The number of aliphatic imine (C=N–C) groups is 1. The summed E-state index contributed by atoms with van der Waals surface area (Å²) in [7, 11) is 1.85. The van der Waals surface area contributed by atoms with Crippen molar-refractivity contribution in [3.05, 3.63) is 0 Å². The molecule has 3 rings (SSSR count). The molecule has 0 aromatic carbocycles. The van der Waals surface area contributed by atoms with Gasteiger partial charge < -0.3 is 24.6 Å². The molecule has 27 heavy (non-hydrogen) atoms. The first kappa shape index (κ1) is 20.4. The first-order chi connectivity index (χ1) is 13.2. The molecule has 1 N–H and O–H groups in total. The molecule has 0 radical (unpaired) electrons. The fourth-order valence-electron chi connectivity index (χ4n) is 4.10. The monoisotopic (exact) mass is 380 g/mol. The third-order valence-corrected chi connectivity index (χ3v) is 6.24. The normalized spacial score (nSPS) is 23.4. The second-order valence-electron chi connectivity index (χ2n) is 8.05. The van der Waals surface area contributed by atoms with Gasteiger partial charge in [-0.25, -0.2) is 0 Å². The first-order valence-corrected chi connectivity index (χ1v) is 10.6. The van der Waals surface area contributed by atoms with E-state index in [1.165, 1.54) is 12.8 Å². The largest absolute Gasteiger partial charge is 0.382 e. The van der Waals surface area contributed by atoms with E-state index in [1.54, 1.807) is 0 Å². The number of amides is 1. The van der Waals surface area contributed by atoms with Crippen LogP contribution in [0.3, 0.4) is 0 Å². The number of ether oxygens (including phenoxy) is 2. The van der Waals surface area contributed by atoms with E-state index in [2.05, 4.69) is 15.2 Å². The average molecular weight is 381 g/mol. The third kappa shape index (κ3) is 5.57. The molecule has 0 unspecified atom stereocenters. The number of nitrogens with zero attached hydrogens (tertiary/aromatic N) is 3. The Balaban J connectivity index is 1.41. The minimum Gasteiger partial charge on any atom is -0.382 e. The predicted molar refractivity (Wildman–Crippen MR) is 106 cm³/mol. The third-order valence-electron chi connectivity index (χ3n) is 6.24. The summed E-state index contributed by atoms with van der Waals surface area (Å²) in [5.41, 5.74) is 0.399. The summed E-state index contributed by atoms with van der Waals surface area (Å²) < 4.78 is 10.9. The Kier molecular flexibility index (Phi) is 7.35. The quantitative estimate of drug-likeness (QED) is 0.410. The van der Waals surface area contributed by atoms with Crippen LogP contribution in [0.5, 0.6) is 0 Å². The molecule has 1 amide bonds. The highest BCUT2D eigenvalue weighted by molar-refractivity contribution is 5.81. The Morgan fingerprint density at radius 1 is 1.19 bits per heavy atom. The number of carbonyl (C=O) groups excluding carboxylic acids is 1. The van der Waals surface area contributed by atoms with Crippen LogP contribution in [0, 0.1) is 11.3 Å². The Hall–Kier alpha value is -1.34. The molecule has 7 heteroatoms. The number of nitrogens with one attached hydrogen (secondary N) is 1. The van der Waals surface area contributed by atoms with Gasteiger partial charge in [0.15, 0.2) is 5.96 Å². The van der Waals surface area contributed by atoms with Crippen molar-refractivity contribution < 1.29 is 14.3 Å². The molecule has 3 aliphatic rings. The maximum Gasteiger partial charge on any atom is 0.225 e. The van der Waals surface area contributed by atoms with Crippen molar-refractivity contribution in [2.45, 2.75) is 39.0 Å². The lowest BCUT2D eigenvalue weighted by Gasteiger charge is -2.37. The molecule has 0 atom stereocenters. The summed E-state index contributed by atoms with van der Waals surface area (Å²) in [6, 6.07) is 0. The maximum absolute atomic E-state index is 12.7. The molecule has 2 heterocycles. The zero-order valence-corrected chi connectivity index (χ0v) is 17.0. The topological polar surface area (TPSA) is 66.4 Å². The highest BCUT2D eigenvalue weighted by atomic mass is 16.5. The molecule has 1 aliphatic carbocycles. The van der Waals surface area contributed by atoms with Gasteiger partial charge in [0.25, 0.3) is 0 Å². The Bertz CT molecular complexity index is 507. The zero-order valence-electron chi connectivity index (χ0n) is 17.0. The Morgan fingerprint density at radius 2 is 1.89 bits per heavy atom. The van der Waals surface area contributed by atoms with Crippen molar-refractivity contribution in [2.24, 2.45) is 16.3 Å². The zero-order chi connectivity index (χ0) is 19.1. The number of piperidine rings is 1. The number of hydrogen-bond acceptors (Lipinski definition) is 4. The number of rotatable bonds is 7. The van der Waals surface area contributed by atoms with E-state index in [-0.39, 0.29) is 5.92 Å². The molecule has 1 saturated carbocycles. The minimum absolute atomic E-state index is 0.151. The van der Waals surface area contributed by atoms with Crippen LogP contribution >= 0.6 is 0 Å². The van der Waals surface area contributed by atoms with E-state index in [1.807, 2.05) is 18.9 Å². The van der Waals surface area contributed by atoms with Crippen molar-refractivity contribution in [3.8, 4) is 0 Å². The number of guanidine groups is 1. The molecular weight excluding hydrogens is 344 g/mol. The number of morpholine rings is 1. The van der Waals surface area contributed by atoms with Crippen LogP contribution in [0.4, 0.5) is 0 Å². The summed E-state index contributed by atoms with van der Waals surface area (Å²) in [4.78, 5) is 21.5. The van der Waals surface area contributed by atoms with Gasteiger partial charge >= 0.3 is 0 Å². The van der Waals surface area contributed by atoms with Gasteiger partial charge in [-0.3, -0.25) is 9.79 Å². The smallest absolute Gasteiger partial charge is 0.225 e. The van der Waals surface area contributed by atoms with Crippen LogP contribution in [0.2, 0.25) is 0 Å². The van der Waals surface area contributed by atoms with Crippen molar-refractivity contribution in [1.29, 1.82) is 0 Å². The molecular formula is C20H36N4O3. The van der Waals surface area contributed by atoms with Crippen molar-refractivity contribution in [1.82, 2.24) is 15.1 Å². The second-order valence-corrected chi connectivity index (χ2v) is 8.05. The lowest BCUT2D eigenvalue weighted by Crippen LogP contribution is -2.50. The predicted octanol–water partition coefficient (Wildman–Crippen LogP) is 1.34. The van der Waals surface area contributed by atoms with Gasteiger partial charge in [0, 0.05) is 58.9 Å².